The van der Waals surface area contributed by atoms with Crippen LogP contribution in [-0.2, 0) is 16.1 Å². The lowest BCUT2D eigenvalue weighted by molar-refractivity contribution is -0.125. The standard InChI is InChI=1S/C8H12N4O3.ClH/c9-3-7(13)11-5-8(14)10-4-6-1-2-15-12-6;/h1-2H,3-5,9H2,(H,10,14)(H,11,13);1H. The minimum atomic E-state index is -0.369. The van der Waals surface area contributed by atoms with E-state index in [1.165, 1.54) is 6.26 Å². The van der Waals surface area contributed by atoms with Crippen molar-refractivity contribution in [2.24, 2.45) is 5.73 Å². The third kappa shape index (κ3) is 5.32. The molecular weight excluding hydrogens is 236 g/mol. The molecule has 0 unspecified atom stereocenters. The third-order valence-corrected chi connectivity index (χ3v) is 1.59. The molecule has 16 heavy (non-hydrogen) atoms. The van der Waals surface area contributed by atoms with Gasteiger partial charge < -0.3 is 20.9 Å². The maximum atomic E-state index is 11.1. The van der Waals surface area contributed by atoms with Gasteiger partial charge in [-0.25, -0.2) is 0 Å². The van der Waals surface area contributed by atoms with Crippen molar-refractivity contribution in [1.29, 1.82) is 0 Å². The van der Waals surface area contributed by atoms with E-state index in [4.69, 9.17) is 5.73 Å². The molecule has 4 N–H and O–H groups in total. The number of halogens is 1. The largest absolute Gasteiger partial charge is 0.364 e. The van der Waals surface area contributed by atoms with Crippen LogP contribution in [0.25, 0.3) is 0 Å². The predicted octanol–water partition coefficient (Wildman–Crippen LogP) is -1.21. The van der Waals surface area contributed by atoms with Crippen LogP contribution in [0.4, 0.5) is 0 Å². The van der Waals surface area contributed by atoms with E-state index < -0.39 is 0 Å². The number of carbonyl (C=O) groups is 2. The molecule has 90 valence electrons. The first-order chi connectivity index (χ1) is 7.22. The van der Waals surface area contributed by atoms with Crippen LogP contribution in [0.15, 0.2) is 16.9 Å². The van der Waals surface area contributed by atoms with Crippen molar-refractivity contribution < 1.29 is 14.1 Å². The van der Waals surface area contributed by atoms with E-state index in [2.05, 4.69) is 20.3 Å². The maximum Gasteiger partial charge on any atom is 0.239 e. The summed E-state index contributed by atoms with van der Waals surface area (Å²) >= 11 is 0. The van der Waals surface area contributed by atoms with Crippen LogP contribution < -0.4 is 16.4 Å². The molecule has 0 aromatic carbocycles. The van der Waals surface area contributed by atoms with Crippen LogP contribution in [0.1, 0.15) is 5.69 Å². The number of nitrogens with two attached hydrogens (primary N) is 1. The lowest BCUT2D eigenvalue weighted by Gasteiger charge is -2.03. The quantitative estimate of drug-likeness (QED) is 0.605. The van der Waals surface area contributed by atoms with Gasteiger partial charge in [-0.1, -0.05) is 5.16 Å². The number of hydrogen-bond acceptors (Lipinski definition) is 5. The summed E-state index contributed by atoms with van der Waals surface area (Å²) < 4.78 is 4.57. The van der Waals surface area contributed by atoms with Crippen LogP contribution in [0.3, 0.4) is 0 Å². The summed E-state index contributed by atoms with van der Waals surface area (Å²) in [6.07, 6.45) is 1.41. The molecule has 0 saturated heterocycles. The number of rotatable bonds is 5. The smallest absolute Gasteiger partial charge is 0.239 e. The summed E-state index contributed by atoms with van der Waals surface area (Å²) in [4.78, 5) is 21.8. The van der Waals surface area contributed by atoms with E-state index in [-0.39, 0.29) is 43.9 Å². The first-order valence-electron chi connectivity index (χ1n) is 4.35. The van der Waals surface area contributed by atoms with Gasteiger partial charge in [-0.3, -0.25) is 9.59 Å². The van der Waals surface area contributed by atoms with Crippen molar-refractivity contribution in [2.45, 2.75) is 6.54 Å². The minimum Gasteiger partial charge on any atom is -0.364 e. The van der Waals surface area contributed by atoms with Gasteiger partial charge in [0.25, 0.3) is 0 Å². The van der Waals surface area contributed by atoms with Gasteiger partial charge in [0.15, 0.2) is 0 Å². The zero-order valence-corrected chi connectivity index (χ0v) is 9.25. The zero-order valence-electron chi connectivity index (χ0n) is 8.43. The molecule has 2 amide bonds. The molecule has 0 saturated carbocycles. The van der Waals surface area contributed by atoms with Crippen LogP contribution >= 0.6 is 12.4 Å². The Morgan fingerprint density at radius 2 is 2.12 bits per heavy atom. The van der Waals surface area contributed by atoms with Gasteiger partial charge in [-0.05, 0) is 0 Å². The highest BCUT2D eigenvalue weighted by atomic mass is 35.5. The predicted molar refractivity (Wildman–Crippen MR) is 57.7 cm³/mol. The molecule has 0 atom stereocenters. The topological polar surface area (TPSA) is 110 Å². The first-order valence-corrected chi connectivity index (χ1v) is 4.35. The zero-order chi connectivity index (χ0) is 11.1. The maximum absolute atomic E-state index is 11.1. The molecule has 1 heterocycles. The molecule has 0 aliphatic carbocycles. The molecule has 8 heteroatoms. The van der Waals surface area contributed by atoms with Crippen molar-refractivity contribution in [1.82, 2.24) is 15.8 Å². The van der Waals surface area contributed by atoms with Crippen molar-refractivity contribution in [3.05, 3.63) is 18.0 Å². The van der Waals surface area contributed by atoms with Crippen LogP contribution in [0.2, 0.25) is 0 Å². The molecule has 0 fully saturated rings. The van der Waals surface area contributed by atoms with Crippen LogP contribution in [0, 0.1) is 0 Å². The van der Waals surface area contributed by atoms with Gasteiger partial charge in [0, 0.05) is 6.07 Å². The molecule has 1 aromatic rings. The Bertz CT molecular complexity index is 328. The minimum absolute atomic E-state index is 0. The average molecular weight is 249 g/mol. The van der Waals surface area contributed by atoms with E-state index in [1.807, 2.05) is 0 Å². The Morgan fingerprint density at radius 3 is 2.69 bits per heavy atom. The van der Waals surface area contributed by atoms with Gasteiger partial charge in [-0.15, -0.1) is 12.4 Å². The second kappa shape index (κ2) is 7.66. The van der Waals surface area contributed by atoms with Gasteiger partial charge >= 0.3 is 0 Å². The SMILES string of the molecule is Cl.NCC(=O)NCC(=O)NCc1ccon1. The van der Waals surface area contributed by atoms with Crippen LogP contribution in [0.5, 0.6) is 0 Å². The van der Waals surface area contributed by atoms with E-state index in [0.717, 1.165) is 0 Å². The Kier molecular flexibility index (Phi) is 6.89. The number of nitrogens with one attached hydrogen (secondary N) is 2. The summed E-state index contributed by atoms with van der Waals surface area (Å²) in [7, 11) is 0. The van der Waals surface area contributed by atoms with Gasteiger partial charge in [0.05, 0.1) is 19.6 Å². The fraction of sp³-hybridized carbons (Fsp3) is 0.375. The summed E-state index contributed by atoms with van der Waals surface area (Å²) in [5, 5.41) is 8.49. The molecule has 7 nitrogen and oxygen atoms in total. The molecule has 0 radical (unpaired) electrons. The number of hydrogen-bond donors (Lipinski definition) is 3. The van der Waals surface area contributed by atoms with E-state index in [0.29, 0.717) is 5.69 Å². The highest BCUT2D eigenvalue weighted by Gasteiger charge is 2.04. The normalized spacial score (nSPS) is 9.06. The first kappa shape index (κ1) is 14.4. The van der Waals surface area contributed by atoms with Crippen molar-refractivity contribution in [2.75, 3.05) is 13.1 Å². The number of amides is 2. The van der Waals surface area contributed by atoms with Crippen molar-refractivity contribution in [3.8, 4) is 0 Å². The van der Waals surface area contributed by atoms with Gasteiger partial charge in [-0.2, -0.15) is 0 Å². The molecule has 0 aliphatic heterocycles. The lowest BCUT2D eigenvalue weighted by atomic mass is 10.4. The molecule has 0 spiro atoms. The molecule has 1 rings (SSSR count). The Morgan fingerprint density at radius 1 is 1.38 bits per heavy atom. The number of aromatic nitrogens is 1. The molecule has 0 aliphatic rings. The Labute approximate surface area is 98.1 Å². The summed E-state index contributed by atoms with van der Waals surface area (Å²) in [6.45, 7) is 0.0538. The Hall–Kier alpha value is -1.60. The van der Waals surface area contributed by atoms with E-state index in [9.17, 15) is 9.59 Å². The molecular formula is C8H13ClN4O3. The van der Waals surface area contributed by atoms with E-state index in [1.54, 1.807) is 6.07 Å². The van der Waals surface area contributed by atoms with Crippen LogP contribution in [-0.4, -0.2) is 30.1 Å². The fourth-order valence-electron chi connectivity index (χ4n) is 0.831. The molecule has 0 bridgehead atoms. The van der Waals surface area contributed by atoms with E-state index >= 15 is 0 Å². The van der Waals surface area contributed by atoms with Crippen molar-refractivity contribution in [3.63, 3.8) is 0 Å². The lowest BCUT2D eigenvalue weighted by Crippen LogP contribution is -2.39. The second-order valence-electron chi connectivity index (χ2n) is 2.75. The molecule has 1 aromatic heterocycles. The summed E-state index contributed by atoms with van der Waals surface area (Å²) in [6, 6.07) is 1.64. The van der Waals surface area contributed by atoms with Crippen molar-refractivity contribution >= 4 is 24.2 Å². The fourth-order valence-corrected chi connectivity index (χ4v) is 0.831. The van der Waals surface area contributed by atoms with Gasteiger partial charge in [0.1, 0.15) is 12.0 Å². The number of nitrogens with zero attached hydrogens (tertiary/aromatic N) is 1. The van der Waals surface area contributed by atoms with Gasteiger partial charge in [0.2, 0.25) is 11.8 Å². The second-order valence-corrected chi connectivity index (χ2v) is 2.75. The summed E-state index contributed by atoms with van der Waals surface area (Å²) in [5.41, 5.74) is 5.66. The number of carbonyl (C=O) groups excluding carboxylic acids is 2. The highest BCUT2D eigenvalue weighted by molar-refractivity contribution is 5.85. The Balaban J connectivity index is 0.00000225. The highest BCUT2D eigenvalue weighted by Crippen LogP contribution is 1.91. The summed E-state index contributed by atoms with van der Waals surface area (Å²) in [5.74, 6) is -0.675. The monoisotopic (exact) mass is 248 g/mol. The third-order valence-electron chi connectivity index (χ3n) is 1.59. The average Bonchev–Trinajstić information content (AvgIpc) is 2.75.